The second-order valence-electron chi connectivity index (χ2n) is 8.29. The number of aliphatic imine (C=N–C) groups is 1. The Morgan fingerprint density at radius 2 is 1.76 bits per heavy atom. The number of amidine groups is 1. The Balaban J connectivity index is 0.000000718. The number of carbonyl (C=O) groups is 1. The number of carboxylic acid groups (broad SMARTS) is 1. The highest BCUT2D eigenvalue weighted by Crippen LogP contribution is 2.40. The molecule has 0 spiro atoms. The molecule has 1 saturated heterocycles. The van der Waals surface area contributed by atoms with E-state index in [4.69, 9.17) is 9.90 Å². The number of thioether (sulfide) groups is 1. The van der Waals surface area contributed by atoms with E-state index in [0.29, 0.717) is 29.6 Å². The number of benzene rings is 1. The lowest BCUT2D eigenvalue weighted by atomic mass is 10.0. The predicted molar refractivity (Wildman–Crippen MR) is 116 cm³/mol. The summed E-state index contributed by atoms with van der Waals surface area (Å²) in [6.45, 7) is 9.05. The Morgan fingerprint density at radius 3 is 2.18 bits per heavy atom. The van der Waals surface area contributed by atoms with Gasteiger partial charge in [-0.15, -0.1) is 0 Å². The Kier molecular flexibility index (Phi) is 10.2. The summed E-state index contributed by atoms with van der Waals surface area (Å²) in [6.07, 6.45) is -8.86. The maximum Gasteiger partial charge on any atom is 0.490 e. The molecular weight excluding hydrogens is 492 g/mol. The van der Waals surface area contributed by atoms with Crippen molar-refractivity contribution in [3.8, 4) is 0 Å². The number of non-ortho nitro benzene ring substituents is 1. The van der Waals surface area contributed by atoms with Crippen LogP contribution >= 0.6 is 11.8 Å². The Bertz CT molecular complexity index is 903. The van der Waals surface area contributed by atoms with E-state index in [9.17, 15) is 36.5 Å². The van der Waals surface area contributed by atoms with Gasteiger partial charge in [-0.1, -0.05) is 39.5 Å². The first-order valence-electron chi connectivity index (χ1n) is 10.1. The van der Waals surface area contributed by atoms with Crippen LogP contribution < -0.4 is 0 Å². The number of aliphatic carboxylic acids is 1. The van der Waals surface area contributed by atoms with Gasteiger partial charge in [-0.2, -0.15) is 26.3 Å². The van der Waals surface area contributed by atoms with Crippen LogP contribution in [0.1, 0.15) is 39.7 Å². The quantitative estimate of drug-likeness (QED) is 0.268. The van der Waals surface area contributed by atoms with E-state index < -0.39 is 34.5 Å². The zero-order valence-corrected chi connectivity index (χ0v) is 19.6. The van der Waals surface area contributed by atoms with E-state index in [1.807, 2.05) is 0 Å². The Hall–Kier alpha value is -2.51. The summed E-state index contributed by atoms with van der Waals surface area (Å²) in [7, 11) is 0. The average Bonchev–Trinajstić information content (AvgIpc) is 3.00. The van der Waals surface area contributed by atoms with Crippen molar-refractivity contribution in [1.29, 1.82) is 0 Å². The topological polar surface area (TPSA) is 96.0 Å². The second-order valence-corrected chi connectivity index (χ2v) is 9.28. The summed E-state index contributed by atoms with van der Waals surface area (Å²) in [5.74, 6) is -1.18. The van der Waals surface area contributed by atoms with E-state index in [-0.39, 0.29) is 11.7 Å². The molecule has 1 N–H and O–H groups in total. The van der Waals surface area contributed by atoms with Crippen LogP contribution in [0, 0.1) is 22.0 Å². The van der Waals surface area contributed by atoms with Crippen LogP contribution in [0.3, 0.4) is 0 Å². The van der Waals surface area contributed by atoms with Crippen LogP contribution in [0.25, 0.3) is 0 Å². The minimum absolute atomic E-state index is 0.225. The number of rotatable bonds is 6. The SMILES string of the molecule is CC(C)C[C@H]1CSC(=Nc2ccc([N+](=O)[O-])cc2C(F)(F)F)N1CC(C)C.O=C(O)C(F)(F)F. The van der Waals surface area contributed by atoms with Gasteiger partial charge in [0, 0.05) is 30.5 Å². The summed E-state index contributed by atoms with van der Waals surface area (Å²) >= 11 is 1.44. The molecule has 34 heavy (non-hydrogen) atoms. The summed E-state index contributed by atoms with van der Waals surface area (Å²) < 4.78 is 72.0. The van der Waals surface area contributed by atoms with Crippen LogP contribution in [-0.2, 0) is 11.0 Å². The third kappa shape index (κ3) is 9.03. The molecule has 1 aromatic rings. The molecule has 0 unspecified atom stereocenters. The van der Waals surface area contributed by atoms with Crippen molar-refractivity contribution < 1.29 is 41.2 Å². The fourth-order valence-electron chi connectivity index (χ4n) is 3.02. The Morgan fingerprint density at radius 1 is 1.21 bits per heavy atom. The number of nitro groups is 1. The van der Waals surface area contributed by atoms with Gasteiger partial charge in [0.15, 0.2) is 5.17 Å². The van der Waals surface area contributed by atoms with Crippen LogP contribution in [0.15, 0.2) is 23.2 Å². The first-order valence-corrected chi connectivity index (χ1v) is 11.1. The molecule has 0 saturated carbocycles. The van der Waals surface area contributed by atoms with Crippen molar-refractivity contribution in [1.82, 2.24) is 4.90 Å². The first kappa shape index (κ1) is 29.5. The normalized spacial score (nSPS) is 17.8. The molecule has 1 atom stereocenters. The van der Waals surface area contributed by atoms with Crippen molar-refractivity contribution >= 4 is 34.3 Å². The lowest BCUT2D eigenvalue weighted by Crippen LogP contribution is -2.37. The van der Waals surface area contributed by atoms with E-state index in [1.54, 1.807) is 0 Å². The summed E-state index contributed by atoms with van der Waals surface area (Å²) in [5, 5.41) is 18.5. The third-order valence-electron chi connectivity index (χ3n) is 4.35. The van der Waals surface area contributed by atoms with E-state index in [0.717, 1.165) is 24.3 Å². The number of nitro benzene ring substituents is 1. The third-order valence-corrected chi connectivity index (χ3v) is 5.49. The first-order chi connectivity index (χ1) is 15.4. The second kappa shape index (κ2) is 11.8. The molecule has 7 nitrogen and oxygen atoms in total. The largest absolute Gasteiger partial charge is 0.490 e. The van der Waals surface area contributed by atoms with Gasteiger partial charge < -0.3 is 10.0 Å². The van der Waals surface area contributed by atoms with Gasteiger partial charge in [-0.3, -0.25) is 10.1 Å². The highest BCUT2D eigenvalue weighted by atomic mass is 32.2. The molecule has 0 amide bonds. The van der Waals surface area contributed by atoms with Gasteiger partial charge in [0.2, 0.25) is 0 Å². The van der Waals surface area contributed by atoms with Gasteiger partial charge in [0.05, 0.1) is 16.2 Å². The minimum Gasteiger partial charge on any atom is -0.475 e. The maximum absolute atomic E-state index is 13.4. The predicted octanol–water partition coefficient (Wildman–Crippen LogP) is 6.35. The molecule has 1 heterocycles. The molecule has 2 rings (SSSR count). The Labute approximate surface area is 196 Å². The lowest BCUT2D eigenvalue weighted by Gasteiger charge is -2.29. The van der Waals surface area contributed by atoms with Crippen LogP contribution in [-0.4, -0.2) is 50.6 Å². The molecule has 1 fully saturated rings. The monoisotopic (exact) mass is 517 g/mol. The van der Waals surface area contributed by atoms with Crippen molar-refractivity contribution in [2.75, 3.05) is 12.3 Å². The molecule has 0 bridgehead atoms. The zero-order valence-electron chi connectivity index (χ0n) is 18.8. The number of carboxylic acids is 1. The van der Waals surface area contributed by atoms with Crippen LogP contribution in [0.4, 0.5) is 37.7 Å². The molecule has 1 aromatic carbocycles. The molecule has 0 aromatic heterocycles. The maximum atomic E-state index is 13.4. The smallest absolute Gasteiger partial charge is 0.475 e. The number of hydrogen-bond acceptors (Lipinski definition) is 5. The highest BCUT2D eigenvalue weighted by molar-refractivity contribution is 8.14. The molecule has 192 valence electrons. The van der Waals surface area contributed by atoms with Gasteiger partial charge in [0.25, 0.3) is 5.69 Å². The van der Waals surface area contributed by atoms with Gasteiger partial charge >= 0.3 is 18.3 Å². The van der Waals surface area contributed by atoms with Crippen molar-refractivity contribution in [3.05, 3.63) is 33.9 Å². The molecule has 0 aliphatic carbocycles. The molecule has 1 aliphatic heterocycles. The number of halogens is 6. The zero-order chi connectivity index (χ0) is 26.4. The standard InChI is InChI=1S/C18H24F3N3O2S.C2HF3O2/c1-11(2)7-14-10-27-17(23(14)9-12(3)4)22-16-6-5-13(24(25)26)8-15(16)18(19,20)21;3-2(4,5)1(6)7/h5-6,8,11-12,14H,7,9-10H2,1-4H3;(H,6,7)/t14-;/m0./s1. The van der Waals surface area contributed by atoms with Gasteiger partial charge in [0.1, 0.15) is 0 Å². The fourth-order valence-corrected chi connectivity index (χ4v) is 4.23. The van der Waals surface area contributed by atoms with E-state index >= 15 is 0 Å². The average molecular weight is 517 g/mol. The summed E-state index contributed by atoms with van der Waals surface area (Å²) in [5.41, 5.74) is -1.96. The lowest BCUT2D eigenvalue weighted by molar-refractivity contribution is -0.385. The van der Waals surface area contributed by atoms with Crippen molar-refractivity contribution in [2.24, 2.45) is 16.8 Å². The van der Waals surface area contributed by atoms with Crippen molar-refractivity contribution in [2.45, 2.75) is 52.5 Å². The van der Waals surface area contributed by atoms with E-state index in [1.165, 1.54) is 11.8 Å². The van der Waals surface area contributed by atoms with Crippen LogP contribution in [0.2, 0.25) is 0 Å². The van der Waals surface area contributed by atoms with E-state index in [2.05, 4.69) is 37.6 Å². The highest BCUT2D eigenvalue weighted by Gasteiger charge is 2.38. The molecule has 14 heteroatoms. The minimum atomic E-state index is -5.08. The van der Waals surface area contributed by atoms with Crippen LogP contribution in [0.5, 0.6) is 0 Å². The number of alkyl halides is 6. The van der Waals surface area contributed by atoms with Gasteiger partial charge in [-0.05, 0) is 24.3 Å². The fraction of sp³-hybridized carbons (Fsp3) is 0.600. The summed E-state index contributed by atoms with van der Waals surface area (Å²) in [6, 6.07) is 2.92. The molecular formula is C20H25F6N3O4S. The number of hydrogen-bond donors (Lipinski definition) is 1. The summed E-state index contributed by atoms with van der Waals surface area (Å²) in [4.78, 5) is 25.3. The van der Waals surface area contributed by atoms with Crippen molar-refractivity contribution in [3.63, 3.8) is 0 Å². The molecule has 1 aliphatic rings. The number of nitrogens with zero attached hydrogens (tertiary/aromatic N) is 3. The molecule has 0 radical (unpaired) electrons. The van der Waals surface area contributed by atoms with Gasteiger partial charge in [-0.25, -0.2) is 9.79 Å².